The smallest absolute Gasteiger partial charge is 0.376 e. The van der Waals surface area contributed by atoms with E-state index in [1.54, 1.807) is 18.2 Å². The highest BCUT2D eigenvalue weighted by Gasteiger charge is 2.39. The van der Waals surface area contributed by atoms with Gasteiger partial charge in [-0.25, -0.2) is 4.98 Å². The van der Waals surface area contributed by atoms with Crippen molar-refractivity contribution in [2.75, 3.05) is 38.2 Å². The van der Waals surface area contributed by atoms with Crippen molar-refractivity contribution in [1.29, 1.82) is 0 Å². The SMILES string of the molecule is O=c1c([N+](=O)[O-])c(NCC2(N3CCOCC3)CCCCC2)nc2ccccn12. The number of nitro groups is 1. The van der Waals surface area contributed by atoms with E-state index in [0.29, 0.717) is 25.4 Å². The Kier molecular flexibility index (Phi) is 5.27. The molecule has 2 aromatic heterocycles. The molecule has 0 radical (unpaired) electrons. The molecule has 0 spiro atoms. The highest BCUT2D eigenvalue weighted by molar-refractivity contribution is 5.60. The van der Waals surface area contributed by atoms with E-state index < -0.39 is 16.2 Å². The molecule has 1 saturated heterocycles. The number of hydrogen-bond donors (Lipinski definition) is 1. The Balaban J connectivity index is 1.67. The van der Waals surface area contributed by atoms with Crippen LogP contribution >= 0.6 is 0 Å². The van der Waals surface area contributed by atoms with Crippen LogP contribution in [0, 0.1) is 10.1 Å². The van der Waals surface area contributed by atoms with Gasteiger partial charge in [0.1, 0.15) is 5.65 Å². The van der Waals surface area contributed by atoms with Crippen molar-refractivity contribution in [2.24, 2.45) is 0 Å². The van der Waals surface area contributed by atoms with E-state index in [0.717, 1.165) is 38.8 Å². The van der Waals surface area contributed by atoms with Crippen LogP contribution < -0.4 is 10.9 Å². The van der Waals surface area contributed by atoms with Crippen molar-refractivity contribution >= 4 is 17.2 Å². The van der Waals surface area contributed by atoms with Gasteiger partial charge >= 0.3 is 11.2 Å². The lowest BCUT2D eigenvalue weighted by atomic mass is 9.79. The summed E-state index contributed by atoms with van der Waals surface area (Å²) in [6.45, 7) is 3.66. The molecule has 3 heterocycles. The zero-order valence-corrected chi connectivity index (χ0v) is 15.8. The molecule has 150 valence electrons. The number of hydrogen-bond acceptors (Lipinski definition) is 7. The van der Waals surface area contributed by atoms with Crippen LogP contribution in [-0.4, -0.2) is 57.6 Å². The number of aromatic nitrogens is 2. The van der Waals surface area contributed by atoms with Crippen molar-refractivity contribution < 1.29 is 9.66 Å². The minimum atomic E-state index is -0.665. The maximum absolute atomic E-state index is 12.6. The van der Waals surface area contributed by atoms with Gasteiger partial charge in [0, 0.05) is 31.4 Å². The number of ether oxygens (including phenoxy) is 1. The first-order valence-electron chi connectivity index (χ1n) is 9.83. The number of nitrogens with zero attached hydrogens (tertiary/aromatic N) is 4. The van der Waals surface area contributed by atoms with Gasteiger partial charge in [-0.3, -0.25) is 24.2 Å². The minimum absolute atomic E-state index is 0.0550. The zero-order chi connectivity index (χ0) is 19.6. The molecule has 9 nitrogen and oxygen atoms in total. The summed E-state index contributed by atoms with van der Waals surface area (Å²) in [5.41, 5.74) is -0.858. The molecule has 1 saturated carbocycles. The van der Waals surface area contributed by atoms with Gasteiger partial charge in [-0.05, 0) is 25.0 Å². The lowest BCUT2D eigenvalue weighted by molar-refractivity contribution is -0.385. The topological polar surface area (TPSA) is 102 Å². The van der Waals surface area contributed by atoms with Crippen molar-refractivity contribution in [1.82, 2.24) is 14.3 Å². The average molecular weight is 387 g/mol. The van der Waals surface area contributed by atoms with Gasteiger partial charge in [-0.2, -0.15) is 0 Å². The molecule has 1 aliphatic carbocycles. The van der Waals surface area contributed by atoms with E-state index in [9.17, 15) is 14.9 Å². The van der Waals surface area contributed by atoms with E-state index in [1.165, 1.54) is 17.0 Å². The van der Waals surface area contributed by atoms with Crippen molar-refractivity contribution in [3.63, 3.8) is 0 Å². The molecule has 1 aliphatic heterocycles. The molecule has 2 aromatic rings. The van der Waals surface area contributed by atoms with Gasteiger partial charge in [0.15, 0.2) is 0 Å². The van der Waals surface area contributed by atoms with Gasteiger partial charge in [-0.1, -0.05) is 25.3 Å². The van der Waals surface area contributed by atoms with Crippen molar-refractivity contribution in [3.8, 4) is 0 Å². The molecular formula is C19H25N5O4. The Labute approximate surface area is 162 Å². The average Bonchev–Trinajstić information content (AvgIpc) is 2.73. The third-order valence-corrected chi connectivity index (χ3v) is 5.94. The molecule has 9 heteroatoms. The van der Waals surface area contributed by atoms with Gasteiger partial charge in [0.2, 0.25) is 5.82 Å². The number of pyridine rings is 1. The quantitative estimate of drug-likeness (QED) is 0.619. The number of morpholine rings is 1. The van der Waals surface area contributed by atoms with Crippen LogP contribution in [0.2, 0.25) is 0 Å². The predicted octanol–water partition coefficient (Wildman–Crippen LogP) is 2.05. The van der Waals surface area contributed by atoms with E-state index in [-0.39, 0.29) is 11.4 Å². The van der Waals surface area contributed by atoms with E-state index in [4.69, 9.17) is 4.74 Å². The zero-order valence-electron chi connectivity index (χ0n) is 15.8. The maximum atomic E-state index is 12.6. The van der Waals surface area contributed by atoms with Crippen LogP contribution in [0.15, 0.2) is 29.2 Å². The molecule has 28 heavy (non-hydrogen) atoms. The number of rotatable bonds is 5. The molecular weight excluding hydrogens is 362 g/mol. The molecule has 2 fully saturated rings. The van der Waals surface area contributed by atoms with Crippen LogP contribution in [0.4, 0.5) is 11.5 Å². The van der Waals surface area contributed by atoms with E-state index in [1.807, 2.05) is 0 Å². The van der Waals surface area contributed by atoms with Crippen LogP contribution in [-0.2, 0) is 4.74 Å². The third kappa shape index (κ3) is 3.47. The van der Waals surface area contributed by atoms with E-state index >= 15 is 0 Å². The van der Waals surface area contributed by atoms with Crippen molar-refractivity contribution in [3.05, 3.63) is 44.9 Å². The first-order valence-corrected chi connectivity index (χ1v) is 9.83. The van der Waals surface area contributed by atoms with Gasteiger partial charge in [-0.15, -0.1) is 0 Å². The number of anilines is 1. The summed E-state index contributed by atoms with van der Waals surface area (Å²) in [4.78, 5) is 30.4. The first-order chi connectivity index (χ1) is 13.6. The van der Waals surface area contributed by atoms with Crippen LogP contribution in [0.25, 0.3) is 5.65 Å². The Morgan fingerprint density at radius 2 is 1.96 bits per heavy atom. The van der Waals surface area contributed by atoms with Crippen molar-refractivity contribution in [2.45, 2.75) is 37.6 Å². The summed E-state index contributed by atoms with van der Waals surface area (Å²) in [5, 5.41) is 14.8. The number of nitrogens with one attached hydrogen (secondary N) is 1. The molecule has 0 atom stereocenters. The molecule has 2 aliphatic rings. The highest BCUT2D eigenvalue weighted by atomic mass is 16.6. The first kappa shape index (κ1) is 18.8. The summed E-state index contributed by atoms with van der Waals surface area (Å²) in [7, 11) is 0. The molecule has 0 bridgehead atoms. The van der Waals surface area contributed by atoms with Gasteiger partial charge < -0.3 is 10.1 Å². The highest BCUT2D eigenvalue weighted by Crippen LogP contribution is 2.35. The Hall–Kier alpha value is -2.52. The lowest BCUT2D eigenvalue weighted by Gasteiger charge is -2.48. The second kappa shape index (κ2) is 7.84. The lowest BCUT2D eigenvalue weighted by Crippen LogP contribution is -2.58. The summed E-state index contributed by atoms with van der Waals surface area (Å²) in [6, 6.07) is 5.09. The summed E-state index contributed by atoms with van der Waals surface area (Å²) in [5.74, 6) is 0.0550. The monoisotopic (exact) mass is 387 g/mol. The Morgan fingerprint density at radius 3 is 2.68 bits per heavy atom. The second-order valence-electron chi connectivity index (χ2n) is 7.54. The molecule has 0 aromatic carbocycles. The molecule has 4 rings (SSSR count). The normalized spacial score (nSPS) is 20.1. The Bertz CT molecular complexity index is 916. The fraction of sp³-hybridized carbons (Fsp3) is 0.579. The molecule has 1 N–H and O–H groups in total. The standard InChI is InChI=1S/C19H25N5O4/c25-18-16(24(26)27)17(21-15-6-2-5-9-23(15)18)20-14-19(7-3-1-4-8-19)22-10-12-28-13-11-22/h2,5-6,9,20H,1,3-4,7-8,10-14H2. The fourth-order valence-electron chi connectivity index (χ4n) is 4.47. The second-order valence-corrected chi connectivity index (χ2v) is 7.54. The maximum Gasteiger partial charge on any atom is 0.376 e. The third-order valence-electron chi connectivity index (χ3n) is 5.94. The summed E-state index contributed by atoms with van der Waals surface area (Å²) < 4.78 is 6.71. The minimum Gasteiger partial charge on any atom is -0.379 e. The van der Waals surface area contributed by atoms with Crippen LogP contribution in [0.1, 0.15) is 32.1 Å². The summed E-state index contributed by atoms with van der Waals surface area (Å²) in [6.07, 6.45) is 7.03. The number of fused-ring (bicyclic) bond motifs is 1. The summed E-state index contributed by atoms with van der Waals surface area (Å²) >= 11 is 0. The van der Waals surface area contributed by atoms with Crippen LogP contribution in [0.3, 0.4) is 0 Å². The molecule has 0 unspecified atom stereocenters. The largest absolute Gasteiger partial charge is 0.379 e. The fourth-order valence-corrected chi connectivity index (χ4v) is 4.47. The molecule has 0 amide bonds. The van der Waals surface area contributed by atoms with Crippen LogP contribution in [0.5, 0.6) is 0 Å². The van der Waals surface area contributed by atoms with E-state index in [2.05, 4.69) is 15.2 Å². The van der Waals surface area contributed by atoms with Gasteiger partial charge in [0.25, 0.3) is 0 Å². The van der Waals surface area contributed by atoms with Gasteiger partial charge in [0.05, 0.1) is 18.1 Å². The predicted molar refractivity (Wildman–Crippen MR) is 105 cm³/mol. The Morgan fingerprint density at radius 1 is 1.21 bits per heavy atom.